The van der Waals surface area contributed by atoms with E-state index in [1.807, 2.05) is 31.2 Å². The molecule has 0 bridgehead atoms. The summed E-state index contributed by atoms with van der Waals surface area (Å²) in [4.78, 5) is 4.31. The van der Waals surface area contributed by atoms with Gasteiger partial charge in [0, 0.05) is 16.4 Å². The summed E-state index contributed by atoms with van der Waals surface area (Å²) in [5, 5.41) is 3.26. The maximum Gasteiger partial charge on any atom is 0.144 e. The molecule has 0 aliphatic rings. The van der Waals surface area contributed by atoms with Crippen molar-refractivity contribution in [2.45, 2.75) is 6.92 Å². The highest BCUT2D eigenvalue weighted by Gasteiger charge is 2.04. The van der Waals surface area contributed by atoms with Crippen molar-refractivity contribution in [3.63, 3.8) is 0 Å². The van der Waals surface area contributed by atoms with Crippen LogP contribution in [0.1, 0.15) is 5.56 Å². The molecule has 1 aromatic carbocycles. The molecule has 1 N–H and O–H groups in total. The summed E-state index contributed by atoms with van der Waals surface area (Å²) in [6.07, 6.45) is 1.75. The molecule has 5 heteroatoms. The van der Waals surface area contributed by atoms with Crippen molar-refractivity contribution in [2.24, 2.45) is 0 Å². The molecule has 0 saturated carbocycles. The Morgan fingerprint density at radius 1 is 1.22 bits per heavy atom. The zero-order valence-corrected chi connectivity index (χ0v) is 13.2. The number of nitrogens with zero attached hydrogens (tertiary/aromatic N) is 1. The summed E-state index contributed by atoms with van der Waals surface area (Å²) in [7, 11) is 1.67. The van der Waals surface area contributed by atoms with Gasteiger partial charge in [-0.1, -0.05) is 0 Å². The number of benzene rings is 1. The Hall–Kier alpha value is -1.07. The number of rotatable bonds is 3. The van der Waals surface area contributed by atoms with Crippen LogP contribution in [0, 0.1) is 6.92 Å². The SMILES string of the molecule is COc1ccc(Nc2ncc(Br)cc2Br)cc1C. The Morgan fingerprint density at radius 3 is 2.61 bits per heavy atom. The van der Waals surface area contributed by atoms with Crippen molar-refractivity contribution < 1.29 is 4.74 Å². The largest absolute Gasteiger partial charge is 0.496 e. The molecule has 0 aliphatic carbocycles. The monoisotopic (exact) mass is 370 g/mol. The van der Waals surface area contributed by atoms with Crippen molar-refractivity contribution in [3.05, 3.63) is 45.0 Å². The Morgan fingerprint density at radius 2 is 2.00 bits per heavy atom. The van der Waals surface area contributed by atoms with E-state index in [2.05, 4.69) is 42.2 Å². The molecule has 0 amide bonds. The number of aromatic nitrogens is 1. The Balaban J connectivity index is 2.26. The van der Waals surface area contributed by atoms with Crippen molar-refractivity contribution in [1.29, 1.82) is 0 Å². The maximum absolute atomic E-state index is 5.23. The van der Waals surface area contributed by atoms with Gasteiger partial charge in [-0.05, 0) is 68.6 Å². The molecule has 18 heavy (non-hydrogen) atoms. The molecule has 2 aromatic rings. The van der Waals surface area contributed by atoms with Gasteiger partial charge in [0.25, 0.3) is 0 Å². The summed E-state index contributed by atoms with van der Waals surface area (Å²) in [6.45, 7) is 2.01. The van der Waals surface area contributed by atoms with E-state index in [4.69, 9.17) is 4.74 Å². The van der Waals surface area contributed by atoms with E-state index in [0.717, 1.165) is 31.8 Å². The molecular weight excluding hydrogens is 360 g/mol. The van der Waals surface area contributed by atoms with Crippen molar-refractivity contribution in [2.75, 3.05) is 12.4 Å². The zero-order valence-electron chi connectivity index (χ0n) is 10.00. The number of halogens is 2. The predicted molar refractivity (Wildman–Crippen MR) is 80.7 cm³/mol. The minimum atomic E-state index is 0.780. The third kappa shape index (κ3) is 3.03. The second-order valence-corrected chi connectivity index (χ2v) is 5.56. The minimum absolute atomic E-state index is 0.780. The first-order chi connectivity index (χ1) is 8.60. The molecule has 0 fully saturated rings. The fourth-order valence-electron chi connectivity index (χ4n) is 1.60. The molecule has 2 rings (SSSR count). The van der Waals surface area contributed by atoms with Crippen LogP contribution >= 0.6 is 31.9 Å². The van der Waals surface area contributed by atoms with E-state index in [1.54, 1.807) is 13.3 Å². The molecule has 0 aliphatic heterocycles. The number of ether oxygens (including phenoxy) is 1. The number of methoxy groups -OCH3 is 1. The van der Waals surface area contributed by atoms with Gasteiger partial charge in [0.1, 0.15) is 11.6 Å². The molecule has 1 heterocycles. The number of hydrogen-bond donors (Lipinski definition) is 1. The summed E-state index contributed by atoms with van der Waals surface area (Å²) < 4.78 is 7.07. The van der Waals surface area contributed by atoms with Gasteiger partial charge in [-0.3, -0.25) is 0 Å². The third-order valence-electron chi connectivity index (χ3n) is 2.47. The van der Waals surface area contributed by atoms with E-state index in [-0.39, 0.29) is 0 Å². The highest BCUT2D eigenvalue weighted by Crippen LogP contribution is 2.28. The second kappa shape index (κ2) is 5.71. The van der Waals surface area contributed by atoms with E-state index in [9.17, 15) is 0 Å². The van der Waals surface area contributed by atoms with Crippen LogP contribution in [-0.2, 0) is 0 Å². The van der Waals surface area contributed by atoms with Gasteiger partial charge in [0.2, 0.25) is 0 Å². The molecule has 94 valence electrons. The number of nitrogens with one attached hydrogen (secondary N) is 1. The molecule has 1 aromatic heterocycles. The zero-order chi connectivity index (χ0) is 13.1. The van der Waals surface area contributed by atoms with Crippen LogP contribution in [0.3, 0.4) is 0 Å². The van der Waals surface area contributed by atoms with E-state index >= 15 is 0 Å². The predicted octanol–water partition coefficient (Wildman–Crippen LogP) is 4.67. The second-order valence-electron chi connectivity index (χ2n) is 3.79. The lowest BCUT2D eigenvalue weighted by molar-refractivity contribution is 0.412. The summed E-state index contributed by atoms with van der Waals surface area (Å²) in [6, 6.07) is 7.87. The van der Waals surface area contributed by atoms with E-state index < -0.39 is 0 Å². The maximum atomic E-state index is 5.23. The topological polar surface area (TPSA) is 34.1 Å². The van der Waals surface area contributed by atoms with Gasteiger partial charge in [0.15, 0.2) is 0 Å². The molecule has 0 atom stereocenters. The van der Waals surface area contributed by atoms with Crippen molar-refractivity contribution >= 4 is 43.4 Å². The Bertz CT molecular complexity index is 573. The lowest BCUT2D eigenvalue weighted by atomic mass is 10.2. The fourth-order valence-corrected chi connectivity index (χ4v) is 2.69. The summed E-state index contributed by atoms with van der Waals surface area (Å²) >= 11 is 6.85. The van der Waals surface area contributed by atoms with Gasteiger partial charge in [0.05, 0.1) is 11.6 Å². The number of anilines is 2. The van der Waals surface area contributed by atoms with Crippen LogP contribution in [0.15, 0.2) is 39.4 Å². The van der Waals surface area contributed by atoms with E-state index in [0.29, 0.717) is 0 Å². The van der Waals surface area contributed by atoms with Gasteiger partial charge in [-0.15, -0.1) is 0 Å². The lowest BCUT2D eigenvalue weighted by Gasteiger charge is -2.10. The summed E-state index contributed by atoms with van der Waals surface area (Å²) in [5.41, 5.74) is 2.06. The first-order valence-corrected chi connectivity index (χ1v) is 6.91. The van der Waals surface area contributed by atoms with Gasteiger partial charge < -0.3 is 10.1 Å². The molecule has 0 unspecified atom stereocenters. The van der Waals surface area contributed by atoms with E-state index in [1.165, 1.54) is 0 Å². The molecule has 0 saturated heterocycles. The highest BCUT2D eigenvalue weighted by atomic mass is 79.9. The van der Waals surface area contributed by atoms with Crippen LogP contribution in [-0.4, -0.2) is 12.1 Å². The summed E-state index contributed by atoms with van der Waals surface area (Å²) in [5.74, 6) is 1.66. The third-order valence-corrected chi connectivity index (χ3v) is 3.50. The van der Waals surface area contributed by atoms with Crippen LogP contribution in [0.2, 0.25) is 0 Å². The average molecular weight is 372 g/mol. The normalized spacial score (nSPS) is 10.2. The van der Waals surface area contributed by atoms with Crippen LogP contribution in [0.5, 0.6) is 5.75 Å². The minimum Gasteiger partial charge on any atom is -0.496 e. The molecular formula is C13H12Br2N2O. The number of hydrogen-bond acceptors (Lipinski definition) is 3. The Labute approximate surface area is 123 Å². The first-order valence-electron chi connectivity index (χ1n) is 5.33. The number of pyridine rings is 1. The van der Waals surface area contributed by atoms with Crippen LogP contribution in [0.25, 0.3) is 0 Å². The number of aryl methyl sites for hydroxylation is 1. The lowest BCUT2D eigenvalue weighted by Crippen LogP contribution is -1.96. The molecule has 3 nitrogen and oxygen atoms in total. The quantitative estimate of drug-likeness (QED) is 0.851. The smallest absolute Gasteiger partial charge is 0.144 e. The van der Waals surface area contributed by atoms with Gasteiger partial charge >= 0.3 is 0 Å². The van der Waals surface area contributed by atoms with Gasteiger partial charge in [-0.2, -0.15) is 0 Å². The van der Waals surface area contributed by atoms with Crippen LogP contribution < -0.4 is 10.1 Å². The Kier molecular flexibility index (Phi) is 4.24. The molecule has 0 radical (unpaired) electrons. The molecule has 0 spiro atoms. The van der Waals surface area contributed by atoms with Crippen molar-refractivity contribution in [1.82, 2.24) is 4.98 Å². The highest BCUT2D eigenvalue weighted by molar-refractivity contribution is 9.11. The van der Waals surface area contributed by atoms with Crippen molar-refractivity contribution in [3.8, 4) is 5.75 Å². The van der Waals surface area contributed by atoms with Gasteiger partial charge in [-0.25, -0.2) is 4.98 Å². The average Bonchev–Trinajstić information content (AvgIpc) is 2.33. The first kappa shape index (κ1) is 13.4. The standard InChI is InChI=1S/C13H12Br2N2O/c1-8-5-10(3-4-12(8)18-2)17-13-11(15)6-9(14)7-16-13/h3-7H,1-2H3,(H,16,17). The fraction of sp³-hybridized carbons (Fsp3) is 0.154. The van der Waals surface area contributed by atoms with Crippen LogP contribution in [0.4, 0.5) is 11.5 Å².